The molecule has 0 saturated carbocycles. The molecule has 1 aromatic heterocycles. The number of carbonyl (C=O) groups is 1. The number of nitrogens with zero attached hydrogens (tertiary/aromatic N) is 2. The van der Waals surface area contributed by atoms with E-state index in [1.807, 2.05) is 0 Å². The van der Waals surface area contributed by atoms with Crippen LogP contribution >= 0.6 is 23.2 Å². The lowest BCUT2D eigenvalue weighted by Crippen LogP contribution is -2.30. The van der Waals surface area contributed by atoms with Gasteiger partial charge in [-0.25, -0.2) is 4.98 Å². The molecule has 0 aliphatic rings. The maximum absolute atomic E-state index is 12.6. The van der Waals surface area contributed by atoms with Crippen LogP contribution in [0.25, 0.3) is 10.9 Å². The highest BCUT2D eigenvalue weighted by molar-refractivity contribution is 6.38. The van der Waals surface area contributed by atoms with Crippen LogP contribution in [0.15, 0.2) is 47.5 Å². The number of Topliss-reactive ketones (excluding diaryl/α,β-unsaturated/α-hetero) is 1. The Kier molecular flexibility index (Phi) is 5.79. The lowest BCUT2D eigenvalue weighted by Gasteiger charge is -2.14. The normalized spacial score (nSPS) is 12.1. The summed E-state index contributed by atoms with van der Waals surface area (Å²) in [5, 5.41) is 11.1. The first-order valence-corrected chi connectivity index (χ1v) is 8.87. The second-order valence-electron chi connectivity index (χ2n) is 6.03. The van der Waals surface area contributed by atoms with Crippen molar-refractivity contribution in [2.45, 2.75) is 19.6 Å². The molecule has 8 heteroatoms. The van der Waals surface area contributed by atoms with Crippen molar-refractivity contribution in [1.29, 1.82) is 0 Å². The average molecular weight is 407 g/mol. The van der Waals surface area contributed by atoms with E-state index in [9.17, 15) is 14.7 Å². The van der Waals surface area contributed by atoms with Crippen LogP contribution in [0.5, 0.6) is 5.75 Å². The summed E-state index contributed by atoms with van der Waals surface area (Å²) in [7, 11) is 0. The summed E-state index contributed by atoms with van der Waals surface area (Å²) in [6, 6.07) is 9.67. The standard InChI is InChI=1S/C19H16Cl2N2O4/c1-11(24)12-3-2-4-15(5-12)27-9-14(25)8-23-10-22-18-16(19(23)26)6-13(20)7-17(18)21/h2-7,10,14,25H,8-9H2,1H3/t14-/m0/s1. The third-order valence-corrected chi connectivity index (χ3v) is 4.44. The van der Waals surface area contributed by atoms with E-state index in [2.05, 4.69) is 4.98 Å². The topological polar surface area (TPSA) is 81.4 Å². The Hall–Kier alpha value is -2.41. The first kappa shape index (κ1) is 19.4. The number of hydrogen-bond acceptors (Lipinski definition) is 5. The number of ketones is 1. The monoisotopic (exact) mass is 406 g/mol. The van der Waals surface area contributed by atoms with Gasteiger partial charge in [-0.1, -0.05) is 35.3 Å². The van der Waals surface area contributed by atoms with Gasteiger partial charge in [-0.05, 0) is 31.2 Å². The third kappa shape index (κ3) is 4.47. The Morgan fingerprint density at radius 2 is 2.07 bits per heavy atom. The zero-order chi connectivity index (χ0) is 19.6. The Morgan fingerprint density at radius 1 is 1.30 bits per heavy atom. The van der Waals surface area contributed by atoms with Crippen LogP contribution in [0.4, 0.5) is 0 Å². The van der Waals surface area contributed by atoms with Gasteiger partial charge in [0.2, 0.25) is 0 Å². The molecule has 1 heterocycles. The fourth-order valence-electron chi connectivity index (χ4n) is 2.60. The minimum absolute atomic E-state index is 0.0156. The fourth-order valence-corrected chi connectivity index (χ4v) is 3.14. The summed E-state index contributed by atoms with van der Waals surface area (Å²) in [6.45, 7) is 1.39. The molecule has 0 aliphatic carbocycles. The maximum atomic E-state index is 12.6. The van der Waals surface area contributed by atoms with Crippen molar-refractivity contribution in [3.8, 4) is 5.75 Å². The van der Waals surface area contributed by atoms with E-state index in [4.69, 9.17) is 27.9 Å². The highest BCUT2D eigenvalue weighted by Crippen LogP contribution is 2.24. The Balaban J connectivity index is 1.73. The van der Waals surface area contributed by atoms with Gasteiger partial charge in [0.1, 0.15) is 18.5 Å². The van der Waals surface area contributed by atoms with Gasteiger partial charge >= 0.3 is 0 Å². The van der Waals surface area contributed by atoms with Gasteiger partial charge in [0.15, 0.2) is 5.78 Å². The summed E-state index contributed by atoms with van der Waals surface area (Å²) < 4.78 is 6.79. The van der Waals surface area contributed by atoms with Crippen molar-refractivity contribution in [2.75, 3.05) is 6.61 Å². The second kappa shape index (κ2) is 8.08. The van der Waals surface area contributed by atoms with E-state index in [-0.39, 0.29) is 34.9 Å². The van der Waals surface area contributed by atoms with E-state index in [0.717, 1.165) is 0 Å². The molecule has 0 amide bonds. The van der Waals surface area contributed by atoms with Gasteiger partial charge in [-0.3, -0.25) is 14.2 Å². The Bertz CT molecular complexity index is 1070. The molecule has 3 aromatic rings. The number of halogens is 2. The van der Waals surface area contributed by atoms with Gasteiger partial charge in [-0.2, -0.15) is 0 Å². The van der Waals surface area contributed by atoms with E-state index in [0.29, 0.717) is 21.9 Å². The minimum Gasteiger partial charge on any atom is -0.491 e. The molecular formula is C19H16Cl2N2O4. The number of fused-ring (bicyclic) bond motifs is 1. The molecule has 1 N–H and O–H groups in total. The van der Waals surface area contributed by atoms with Gasteiger partial charge in [0.25, 0.3) is 5.56 Å². The number of carbonyl (C=O) groups excluding carboxylic acids is 1. The molecule has 27 heavy (non-hydrogen) atoms. The lowest BCUT2D eigenvalue weighted by molar-refractivity contribution is 0.0913. The summed E-state index contributed by atoms with van der Waals surface area (Å²) in [6.07, 6.45) is 0.363. The molecule has 3 rings (SSSR count). The van der Waals surface area contributed by atoms with Crippen LogP contribution in [0.1, 0.15) is 17.3 Å². The third-order valence-electron chi connectivity index (χ3n) is 3.94. The molecule has 1 atom stereocenters. The summed E-state index contributed by atoms with van der Waals surface area (Å²) in [5.41, 5.74) is 0.516. The number of aliphatic hydroxyl groups is 1. The van der Waals surface area contributed by atoms with Crippen molar-refractivity contribution in [2.24, 2.45) is 0 Å². The molecule has 140 valence electrons. The minimum atomic E-state index is -0.961. The van der Waals surface area contributed by atoms with Gasteiger partial charge < -0.3 is 9.84 Å². The lowest BCUT2D eigenvalue weighted by atomic mass is 10.1. The quantitative estimate of drug-likeness (QED) is 0.634. The molecule has 2 aromatic carbocycles. The molecule has 0 radical (unpaired) electrons. The maximum Gasteiger partial charge on any atom is 0.261 e. The zero-order valence-electron chi connectivity index (χ0n) is 14.4. The van der Waals surface area contributed by atoms with Crippen LogP contribution in [0, 0.1) is 0 Å². The van der Waals surface area contributed by atoms with Crippen molar-refractivity contribution in [1.82, 2.24) is 9.55 Å². The number of hydrogen-bond donors (Lipinski definition) is 1. The van der Waals surface area contributed by atoms with Crippen LogP contribution in [0.3, 0.4) is 0 Å². The average Bonchev–Trinajstić information content (AvgIpc) is 2.63. The van der Waals surface area contributed by atoms with Crippen molar-refractivity contribution < 1.29 is 14.6 Å². The van der Waals surface area contributed by atoms with E-state index in [1.54, 1.807) is 24.3 Å². The van der Waals surface area contributed by atoms with Gasteiger partial charge in [0.05, 0.1) is 28.8 Å². The Labute approximate surface area is 164 Å². The Morgan fingerprint density at radius 3 is 2.81 bits per heavy atom. The highest BCUT2D eigenvalue weighted by Gasteiger charge is 2.13. The smallest absolute Gasteiger partial charge is 0.261 e. The molecule has 0 aliphatic heterocycles. The number of aromatic nitrogens is 2. The molecule has 0 spiro atoms. The largest absolute Gasteiger partial charge is 0.491 e. The zero-order valence-corrected chi connectivity index (χ0v) is 15.9. The molecule has 0 bridgehead atoms. The summed E-state index contributed by atoms with van der Waals surface area (Å²) in [4.78, 5) is 28.1. The first-order valence-electron chi connectivity index (χ1n) is 8.11. The van der Waals surface area contributed by atoms with Crippen LogP contribution in [-0.4, -0.2) is 33.2 Å². The number of aliphatic hydroxyl groups excluding tert-OH is 1. The van der Waals surface area contributed by atoms with E-state index in [1.165, 1.54) is 30.0 Å². The van der Waals surface area contributed by atoms with Gasteiger partial charge in [-0.15, -0.1) is 0 Å². The molecule has 6 nitrogen and oxygen atoms in total. The number of ether oxygens (including phenoxy) is 1. The molecule has 0 unspecified atom stereocenters. The van der Waals surface area contributed by atoms with Crippen LogP contribution < -0.4 is 10.3 Å². The predicted molar refractivity (Wildman–Crippen MR) is 104 cm³/mol. The fraction of sp³-hybridized carbons (Fsp3) is 0.211. The van der Waals surface area contributed by atoms with Crippen molar-refractivity contribution >= 4 is 39.9 Å². The first-order chi connectivity index (χ1) is 12.8. The number of rotatable bonds is 6. The van der Waals surface area contributed by atoms with Crippen molar-refractivity contribution in [3.63, 3.8) is 0 Å². The predicted octanol–water partition coefficient (Wildman–Crippen LogP) is 3.35. The van der Waals surface area contributed by atoms with Crippen LogP contribution in [-0.2, 0) is 6.54 Å². The summed E-state index contributed by atoms with van der Waals surface area (Å²) >= 11 is 12.0. The SMILES string of the molecule is CC(=O)c1cccc(OC[C@@H](O)Cn2cnc3c(Cl)cc(Cl)cc3c2=O)c1. The second-order valence-corrected chi connectivity index (χ2v) is 6.88. The van der Waals surface area contributed by atoms with E-state index < -0.39 is 6.10 Å². The van der Waals surface area contributed by atoms with E-state index >= 15 is 0 Å². The molecule has 0 fully saturated rings. The van der Waals surface area contributed by atoms with Gasteiger partial charge in [0, 0.05) is 10.6 Å². The number of benzene rings is 2. The molecule has 0 saturated heterocycles. The highest BCUT2D eigenvalue weighted by atomic mass is 35.5. The molecular weight excluding hydrogens is 391 g/mol. The summed E-state index contributed by atoms with van der Waals surface area (Å²) in [5.74, 6) is 0.386. The van der Waals surface area contributed by atoms with Crippen LogP contribution in [0.2, 0.25) is 10.0 Å². The van der Waals surface area contributed by atoms with Crippen molar-refractivity contribution in [3.05, 3.63) is 68.7 Å².